The summed E-state index contributed by atoms with van der Waals surface area (Å²) >= 11 is 6.05. The van der Waals surface area contributed by atoms with Crippen LogP contribution in [0, 0.1) is 18.3 Å². The summed E-state index contributed by atoms with van der Waals surface area (Å²) in [6.07, 6.45) is 1.31. The number of hydrogen-bond donors (Lipinski definition) is 0. The summed E-state index contributed by atoms with van der Waals surface area (Å²) in [6.45, 7) is 7.83. The fourth-order valence-electron chi connectivity index (χ4n) is 2.75. The van der Waals surface area contributed by atoms with Crippen molar-refractivity contribution in [3.8, 4) is 0 Å². The lowest BCUT2D eigenvalue weighted by atomic mass is 10.1. The van der Waals surface area contributed by atoms with Crippen molar-refractivity contribution in [1.29, 1.82) is 0 Å². The maximum atomic E-state index is 6.05. The summed E-state index contributed by atoms with van der Waals surface area (Å²) in [5.41, 5.74) is 4.05. The Kier molecular flexibility index (Phi) is 2.67. The number of halogens is 1. The first-order valence-corrected chi connectivity index (χ1v) is 7.07. The van der Waals surface area contributed by atoms with Crippen molar-refractivity contribution >= 4 is 22.6 Å². The van der Waals surface area contributed by atoms with Crippen LogP contribution in [0.15, 0.2) is 18.2 Å². The van der Waals surface area contributed by atoms with Gasteiger partial charge in [0, 0.05) is 6.54 Å². The van der Waals surface area contributed by atoms with Gasteiger partial charge in [-0.15, -0.1) is 11.6 Å². The van der Waals surface area contributed by atoms with Crippen LogP contribution < -0.4 is 0 Å². The van der Waals surface area contributed by atoms with Crippen LogP contribution in [0.4, 0.5) is 0 Å². The molecule has 1 aromatic carbocycles. The number of aryl methyl sites for hydroxylation is 1. The first kappa shape index (κ1) is 12.0. The minimum Gasteiger partial charge on any atom is -0.327 e. The van der Waals surface area contributed by atoms with E-state index < -0.39 is 0 Å². The Hall–Kier alpha value is -1.02. The predicted molar refractivity (Wildman–Crippen MR) is 75.9 cm³/mol. The quantitative estimate of drug-likeness (QED) is 0.761. The average Bonchev–Trinajstić information content (AvgIpc) is 2.77. The van der Waals surface area contributed by atoms with Gasteiger partial charge in [-0.25, -0.2) is 4.98 Å². The summed E-state index contributed by atoms with van der Waals surface area (Å²) < 4.78 is 2.31. The number of benzene rings is 1. The Morgan fingerprint density at radius 1 is 1.44 bits per heavy atom. The highest BCUT2D eigenvalue weighted by Crippen LogP contribution is 2.52. The Morgan fingerprint density at radius 2 is 2.17 bits per heavy atom. The third kappa shape index (κ3) is 1.83. The lowest BCUT2D eigenvalue weighted by Crippen LogP contribution is -2.06. The summed E-state index contributed by atoms with van der Waals surface area (Å²) in [5.74, 6) is 2.25. The van der Waals surface area contributed by atoms with Gasteiger partial charge in [-0.3, -0.25) is 0 Å². The monoisotopic (exact) mass is 262 g/mol. The SMILES string of the molecule is Cc1cccc2c1nc(CCl)n2CC1CC1(C)C. The molecule has 0 saturated heterocycles. The number of rotatable bonds is 3. The number of fused-ring (bicyclic) bond motifs is 1. The van der Waals surface area contributed by atoms with Crippen LogP contribution in [0.3, 0.4) is 0 Å². The Balaban J connectivity index is 2.06. The minimum absolute atomic E-state index is 0.487. The van der Waals surface area contributed by atoms with E-state index in [4.69, 9.17) is 16.6 Å². The Labute approximate surface area is 113 Å². The second-order valence-electron chi connectivity index (χ2n) is 6.10. The molecule has 1 aromatic heterocycles. The zero-order chi connectivity index (χ0) is 12.9. The molecule has 1 aliphatic carbocycles. The zero-order valence-corrected chi connectivity index (χ0v) is 12.0. The molecule has 0 bridgehead atoms. The summed E-state index contributed by atoms with van der Waals surface area (Å²) in [6, 6.07) is 6.37. The molecule has 1 fully saturated rings. The molecular formula is C15H19ClN2. The minimum atomic E-state index is 0.487. The topological polar surface area (TPSA) is 17.8 Å². The average molecular weight is 263 g/mol. The van der Waals surface area contributed by atoms with E-state index >= 15 is 0 Å². The van der Waals surface area contributed by atoms with Gasteiger partial charge in [0.05, 0.1) is 16.9 Å². The van der Waals surface area contributed by atoms with Gasteiger partial charge in [-0.05, 0) is 36.3 Å². The molecule has 0 aliphatic heterocycles. The van der Waals surface area contributed by atoms with Crippen molar-refractivity contribution < 1.29 is 0 Å². The Morgan fingerprint density at radius 3 is 2.78 bits per heavy atom. The van der Waals surface area contributed by atoms with Crippen LogP contribution in [0.1, 0.15) is 31.7 Å². The highest BCUT2D eigenvalue weighted by Gasteiger charge is 2.45. The smallest absolute Gasteiger partial charge is 0.124 e. The summed E-state index contributed by atoms with van der Waals surface area (Å²) in [7, 11) is 0. The molecule has 1 saturated carbocycles. The fraction of sp³-hybridized carbons (Fsp3) is 0.533. The predicted octanol–water partition coefficient (Wildman–Crippen LogP) is 4.13. The van der Waals surface area contributed by atoms with Crippen LogP contribution in [0.2, 0.25) is 0 Å². The summed E-state index contributed by atoms with van der Waals surface area (Å²) in [4.78, 5) is 4.69. The van der Waals surface area contributed by atoms with Gasteiger partial charge >= 0.3 is 0 Å². The third-order valence-corrected chi connectivity index (χ3v) is 4.54. The van der Waals surface area contributed by atoms with Crippen LogP contribution in [0.5, 0.6) is 0 Å². The molecule has 18 heavy (non-hydrogen) atoms. The molecule has 3 heteroatoms. The molecule has 1 unspecified atom stereocenters. The van der Waals surface area contributed by atoms with Gasteiger partial charge in [0.25, 0.3) is 0 Å². The Bertz CT molecular complexity index is 598. The van der Waals surface area contributed by atoms with Crippen molar-refractivity contribution in [3.05, 3.63) is 29.6 Å². The molecule has 1 atom stereocenters. The third-order valence-electron chi connectivity index (χ3n) is 4.30. The first-order valence-electron chi connectivity index (χ1n) is 6.53. The maximum Gasteiger partial charge on any atom is 0.124 e. The normalized spacial score (nSPS) is 21.4. The van der Waals surface area contributed by atoms with E-state index in [1.165, 1.54) is 17.5 Å². The van der Waals surface area contributed by atoms with Gasteiger partial charge in [-0.2, -0.15) is 0 Å². The molecule has 1 aliphatic rings. The van der Waals surface area contributed by atoms with E-state index in [1.807, 2.05) is 0 Å². The van der Waals surface area contributed by atoms with Gasteiger partial charge in [0.15, 0.2) is 0 Å². The second kappa shape index (κ2) is 3.99. The first-order chi connectivity index (χ1) is 8.53. The maximum absolute atomic E-state index is 6.05. The largest absolute Gasteiger partial charge is 0.327 e. The van der Waals surface area contributed by atoms with Gasteiger partial charge < -0.3 is 4.57 Å². The zero-order valence-electron chi connectivity index (χ0n) is 11.2. The molecule has 0 N–H and O–H groups in total. The number of hydrogen-bond acceptors (Lipinski definition) is 1. The second-order valence-corrected chi connectivity index (χ2v) is 6.37. The van der Waals surface area contributed by atoms with Crippen molar-refractivity contribution in [2.45, 2.75) is 39.6 Å². The molecular weight excluding hydrogens is 244 g/mol. The number of aromatic nitrogens is 2. The van der Waals surface area contributed by atoms with E-state index in [9.17, 15) is 0 Å². The van der Waals surface area contributed by atoms with E-state index in [0.29, 0.717) is 11.3 Å². The molecule has 96 valence electrons. The molecule has 2 nitrogen and oxygen atoms in total. The lowest BCUT2D eigenvalue weighted by Gasteiger charge is -2.09. The fourth-order valence-corrected chi connectivity index (χ4v) is 2.95. The number of imidazole rings is 1. The van der Waals surface area contributed by atoms with Gasteiger partial charge in [0.1, 0.15) is 5.82 Å². The van der Waals surface area contributed by atoms with Gasteiger partial charge in [0.2, 0.25) is 0 Å². The highest BCUT2D eigenvalue weighted by molar-refractivity contribution is 6.16. The van der Waals surface area contributed by atoms with E-state index in [0.717, 1.165) is 23.8 Å². The van der Waals surface area contributed by atoms with Crippen LogP contribution in [-0.4, -0.2) is 9.55 Å². The van der Waals surface area contributed by atoms with Crippen molar-refractivity contribution in [2.24, 2.45) is 11.3 Å². The molecule has 2 aromatic rings. The van der Waals surface area contributed by atoms with E-state index in [1.54, 1.807) is 0 Å². The molecule has 3 rings (SSSR count). The van der Waals surface area contributed by atoms with E-state index in [2.05, 4.69) is 43.5 Å². The molecule has 0 amide bonds. The van der Waals surface area contributed by atoms with Crippen molar-refractivity contribution in [1.82, 2.24) is 9.55 Å². The summed E-state index contributed by atoms with van der Waals surface area (Å²) in [5, 5.41) is 0. The molecule has 1 heterocycles. The van der Waals surface area contributed by atoms with Crippen LogP contribution >= 0.6 is 11.6 Å². The van der Waals surface area contributed by atoms with E-state index in [-0.39, 0.29) is 0 Å². The molecule has 0 spiro atoms. The molecule has 0 radical (unpaired) electrons. The standard InChI is InChI=1S/C15H19ClN2/c1-10-5-4-6-12-14(10)17-13(8-16)18(12)9-11-7-15(11,2)3/h4-6,11H,7-9H2,1-3H3. The number of nitrogens with zero attached hydrogens (tertiary/aromatic N) is 2. The van der Waals surface area contributed by atoms with Crippen molar-refractivity contribution in [2.75, 3.05) is 0 Å². The van der Waals surface area contributed by atoms with Crippen molar-refractivity contribution in [3.63, 3.8) is 0 Å². The number of para-hydroxylation sites is 1. The van der Waals surface area contributed by atoms with Gasteiger partial charge in [-0.1, -0.05) is 26.0 Å². The highest BCUT2D eigenvalue weighted by atomic mass is 35.5. The number of alkyl halides is 1. The van der Waals surface area contributed by atoms with Crippen LogP contribution in [0.25, 0.3) is 11.0 Å². The lowest BCUT2D eigenvalue weighted by molar-refractivity contribution is 0.498. The van der Waals surface area contributed by atoms with Crippen LogP contribution in [-0.2, 0) is 12.4 Å².